The van der Waals surface area contributed by atoms with Gasteiger partial charge in [-0.2, -0.15) is 0 Å². The molecule has 1 fully saturated rings. The van der Waals surface area contributed by atoms with Crippen molar-refractivity contribution in [3.8, 4) is 0 Å². The first-order chi connectivity index (χ1) is 5.58. The smallest absolute Gasteiger partial charge is 0.0236 e. The monoisotopic (exact) mass is 186 g/mol. The van der Waals surface area contributed by atoms with Crippen molar-refractivity contribution in [2.24, 2.45) is 5.41 Å². The summed E-state index contributed by atoms with van der Waals surface area (Å²) in [6.45, 7) is 7.09. The lowest BCUT2D eigenvalue weighted by Crippen LogP contribution is -2.13. The molecule has 0 amide bonds. The Morgan fingerprint density at radius 3 is 2.17 bits per heavy atom. The quantitative estimate of drug-likeness (QED) is 0.571. The standard InChI is InChI=1S/C11H23P/c1-11(2,3)9-12-10-7-5-4-6-8-10/h10,12H,4-9H2,1-3H3. The summed E-state index contributed by atoms with van der Waals surface area (Å²) in [6.07, 6.45) is 8.99. The van der Waals surface area contributed by atoms with E-state index >= 15 is 0 Å². The molecule has 1 aliphatic rings. The van der Waals surface area contributed by atoms with Crippen molar-refractivity contribution in [2.75, 3.05) is 6.16 Å². The lowest BCUT2D eigenvalue weighted by Gasteiger charge is -2.25. The number of rotatable bonds is 2. The first-order valence-corrected chi connectivity index (χ1v) is 6.60. The largest absolute Gasteiger partial charge is 0.118 e. The molecule has 1 aliphatic carbocycles. The van der Waals surface area contributed by atoms with Gasteiger partial charge >= 0.3 is 0 Å². The van der Waals surface area contributed by atoms with Crippen LogP contribution in [-0.2, 0) is 0 Å². The molecule has 0 aromatic heterocycles. The van der Waals surface area contributed by atoms with Crippen LogP contribution in [0.15, 0.2) is 0 Å². The van der Waals surface area contributed by atoms with Crippen molar-refractivity contribution in [2.45, 2.75) is 58.5 Å². The first-order valence-electron chi connectivity index (χ1n) is 5.31. The molecule has 0 aromatic rings. The maximum Gasteiger partial charge on any atom is -0.0236 e. The molecule has 1 saturated carbocycles. The van der Waals surface area contributed by atoms with Gasteiger partial charge in [0.25, 0.3) is 0 Å². The summed E-state index contributed by atoms with van der Waals surface area (Å²) in [5.41, 5.74) is 1.66. The second-order valence-corrected chi connectivity index (χ2v) is 6.85. The third kappa shape index (κ3) is 4.45. The average molecular weight is 186 g/mol. The fourth-order valence-electron chi connectivity index (χ4n) is 1.76. The molecule has 0 N–H and O–H groups in total. The van der Waals surface area contributed by atoms with Crippen LogP contribution in [0.4, 0.5) is 0 Å². The van der Waals surface area contributed by atoms with Crippen LogP contribution in [0.2, 0.25) is 0 Å². The summed E-state index contributed by atoms with van der Waals surface area (Å²) in [6, 6.07) is 0. The molecule has 0 aliphatic heterocycles. The van der Waals surface area contributed by atoms with E-state index in [4.69, 9.17) is 0 Å². The number of hydrogen-bond acceptors (Lipinski definition) is 0. The van der Waals surface area contributed by atoms with Gasteiger partial charge in [-0.3, -0.25) is 0 Å². The molecule has 1 atom stereocenters. The second kappa shape index (κ2) is 4.61. The van der Waals surface area contributed by atoms with Crippen LogP contribution in [-0.4, -0.2) is 11.8 Å². The molecule has 0 heterocycles. The summed E-state index contributed by atoms with van der Waals surface area (Å²) in [5, 5.41) is 0. The summed E-state index contributed by atoms with van der Waals surface area (Å²) >= 11 is 0. The third-order valence-electron chi connectivity index (χ3n) is 2.53. The van der Waals surface area contributed by atoms with Gasteiger partial charge in [-0.25, -0.2) is 0 Å². The van der Waals surface area contributed by atoms with Gasteiger partial charge < -0.3 is 0 Å². The minimum absolute atomic E-state index is 0.565. The summed E-state index contributed by atoms with van der Waals surface area (Å²) in [5.74, 6) is 0. The Bertz CT molecular complexity index is 117. The maximum atomic E-state index is 2.36. The van der Waals surface area contributed by atoms with Gasteiger partial charge in [0.05, 0.1) is 0 Å². The lowest BCUT2D eigenvalue weighted by atomic mass is 10.00. The van der Waals surface area contributed by atoms with Crippen LogP contribution < -0.4 is 0 Å². The molecular formula is C11H23P. The van der Waals surface area contributed by atoms with Gasteiger partial charge in [0.2, 0.25) is 0 Å². The van der Waals surface area contributed by atoms with E-state index in [0.29, 0.717) is 5.41 Å². The van der Waals surface area contributed by atoms with Gasteiger partial charge in [-0.15, -0.1) is 8.58 Å². The maximum absolute atomic E-state index is 2.36. The van der Waals surface area contributed by atoms with Crippen LogP contribution in [0.3, 0.4) is 0 Å². The molecule has 0 nitrogen and oxygen atoms in total. The Labute approximate surface area is 79.3 Å². The minimum atomic E-state index is 0.565. The Morgan fingerprint density at radius 1 is 1.08 bits per heavy atom. The lowest BCUT2D eigenvalue weighted by molar-refractivity contribution is 0.470. The predicted molar refractivity (Wildman–Crippen MR) is 59.5 cm³/mol. The highest BCUT2D eigenvalue weighted by molar-refractivity contribution is 7.38. The molecule has 0 bridgehead atoms. The summed E-state index contributed by atoms with van der Waals surface area (Å²) in [7, 11) is 1.23. The van der Waals surface area contributed by atoms with Crippen LogP contribution in [0.25, 0.3) is 0 Å². The first kappa shape index (κ1) is 10.5. The topological polar surface area (TPSA) is 0 Å². The number of hydrogen-bond donors (Lipinski definition) is 0. The van der Waals surface area contributed by atoms with E-state index in [2.05, 4.69) is 20.8 Å². The fraction of sp³-hybridized carbons (Fsp3) is 1.00. The minimum Gasteiger partial charge on any atom is -0.118 e. The van der Waals surface area contributed by atoms with Crippen LogP contribution in [0.1, 0.15) is 52.9 Å². The Hall–Kier alpha value is 0.430. The van der Waals surface area contributed by atoms with E-state index in [9.17, 15) is 0 Å². The fourth-order valence-corrected chi connectivity index (χ4v) is 3.47. The van der Waals surface area contributed by atoms with Gasteiger partial charge in [0.1, 0.15) is 0 Å². The molecule has 0 spiro atoms. The SMILES string of the molecule is CC(C)(C)CPC1CCCCC1. The molecule has 0 saturated heterocycles. The van der Waals surface area contributed by atoms with Gasteiger partial charge in [0, 0.05) is 0 Å². The molecule has 12 heavy (non-hydrogen) atoms. The highest BCUT2D eigenvalue weighted by Gasteiger charge is 2.16. The van der Waals surface area contributed by atoms with Gasteiger partial charge in [-0.05, 0) is 30.1 Å². The normalized spacial score (nSPS) is 22.2. The van der Waals surface area contributed by atoms with Crippen LogP contribution >= 0.6 is 8.58 Å². The van der Waals surface area contributed by atoms with Crippen molar-refractivity contribution >= 4 is 8.58 Å². The van der Waals surface area contributed by atoms with Crippen molar-refractivity contribution in [1.82, 2.24) is 0 Å². The molecule has 1 rings (SSSR count). The molecule has 1 unspecified atom stereocenters. The van der Waals surface area contributed by atoms with E-state index in [1.54, 1.807) is 0 Å². The molecule has 72 valence electrons. The van der Waals surface area contributed by atoms with E-state index in [1.807, 2.05) is 0 Å². The van der Waals surface area contributed by atoms with Crippen LogP contribution in [0, 0.1) is 5.41 Å². The van der Waals surface area contributed by atoms with Crippen molar-refractivity contribution in [3.05, 3.63) is 0 Å². The molecule has 1 heteroatoms. The third-order valence-corrected chi connectivity index (χ3v) is 4.95. The van der Waals surface area contributed by atoms with E-state index in [1.165, 1.54) is 46.8 Å². The highest BCUT2D eigenvalue weighted by Crippen LogP contribution is 2.36. The van der Waals surface area contributed by atoms with Gasteiger partial charge in [-0.1, -0.05) is 40.0 Å². The zero-order valence-electron chi connectivity index (χ0n) is 8.82. The zero-order valence-corrected chi connectivity index (χ0v) is 9.82. The van der Waals surface area contributed by atoms with E-state index in [-0.39, 0.29) is 0 Å². The summed E-state index contributed by atoms with van der Waals surface area (Å²) in [4.78, 5) is 0. The van der Waals surface area contributed by atoms with E-state index < -0.39 is 0 Å². The molecular weight excluding hydrogens is 163 g/mol. The highest BCUT2D eigenvalue weighted by atomic mass is 31.1. The van der Waals surface area contributed by atoms with Crippen molar-refractivity contribution in [1.29, 1.82) is 0 Å². The van der Waals surface area contributed by atoms with Gasteiger partial charge in [0.15, 0.2) is 0 Å². The zero-order chi connectivity index (χ0) is 9.03. The predicted octanol–water partition coefficient (Wildman–Crippen LogP) is 4.04. The molecule has 0 radical (unpaired) electrons. The summed E-state index contributed by atoms with van der Waals surface area (Å²) < 4.78 is 0. The Kier molecular flexibility index (Phi) is 4.03. The van der Waals surface area contributed by atoms with Crippen molar-refractivity contribution < 1.29 is 0 Å². The Morgan fingerprint density at radius 2 is 1.67 bits per heavy atom. The second-order valence-electron chi connectivity index (χ2n) is 5.28. The van der Waals surface area contributed by atoms with Crippen LogP contribution in [0.5, 0.6) is 0 Å². The Balaban J connectivity index is 2.13. The average Bonchev–Trinajstić information content (AvgIpc) is 2.02. The van der Waals surface area contributed by atoms with E-state index in [0.717, 1.165) is 5.66 Å². The molecule has 0 aromatic carbocycles. The van der Waals surface area contributed by atoms with Crippen molar-refractivity contribution in [3.63, 3.8) is 0 Å².